The number of halogens is 2. The Balaban J connectivity index is 1.59. The van der Waals surface area contributed by atoms with Crippen LogP contribution in [0, 0.1) is 0 Å². The number of piperazine rings is 1. The van der Waals surface area contributed by atoms with Crippen molar-refractivity contribution in [3.8, 4) is 0 Å². The molecule has 4 saturated heterocycles. The first-order valence-electron chi connectivity index (χ1n) is 10.8. The number of rotatable bonds is 3. The van der Waals surface area contributed by atoms with E-state index in [0.29, 0.717) is 23.1 Å². The van der Waals surface area contributed by atoms with Crippen molar-refractivity contribution in [2.45, 2.75) is 56.7 Å². The van der Waals surface area contributed by atoms with E-state index in [4.69, 9.17) is 27.9 Å². The number of likely N-dealkylation sites (tertiary alicyclic amines) is 1. The molecule has 164 valence electrons. The smallest absolute Gasteiger partial charge is 0.409 e. The van der Waals surface area contributed by atoms with Crippen molar-refractivity contribution in [3.63, 3.8) is 0 Å². The summed E-state index contributed by atoms with van der Waals surface area (Å²) in [4.78, 5) is 32.3. The molecule has 0 N–H and O–H groups in total. The van der Waals surface area contributed by atoms with Crippen molar-refractivity contribution in [3.05, 3.63) is 33.8 Å². The maximum absolute atomic E-state index is 13.4. The van der Waals surface area contributed by atoms with E-state index in [1.54, 1.807) is 12.1 Å². The number of amides is 2. The molecule has 5 rings (SSSR count). The predicted molar refractivity (Wildman–Crippen MR) is 117 cm³/mol. The second-order valence-corrected chi connectivity index (χ2v) is 9.37. The number of benzene rings is 1. The summed E-state index contributed by atoms with van der Waals surface area (Å²) in [5, 5.41) is 0.948. The Hall–Kier alpha value is -1.50. The molecule has 6 nitrogen and oxygen atoms in total. The summed E-state index contributed by atoms with van der Waals surface area (Å²) < 4.78 is 5.06. The third-order valence-corrected chi connectivity index (χ3v) is 7.53. The molecule has 4 fully saturated rings. The molecule has 1 aromatic carbocycles. The van der Waals surface area contributed by atoms with E-state index in [2.05, 4.69) is 4.90 Å². The average molecular weight is 454 g/mol. The van der Waals surface area contributed by atoms with Gasteiger partial charge in [-0.05, 0) is 62.9 Å². The molecular weight excluding hydrogens is 425 g/mol. The van der Waals surface area contributed by atoms with Crippen LogP contribution < -0.4 is 0 Å². The van der Waals surface area contributed by atoms with Crippen LogP contribution in [-0.4, -0.2) is 78.1 Å². The maximum atomic E-state index is 13.4. The molecule has 30 heavy (non-hydrogen) atoms. The van der Waals surface area contributed by atoms with Crippen molar-refractivity contribution < 1.29 is 14.3 Å². The van der Waals surface area contributed by atoms with Gasteiger partial charge in [0.2, 0.25) is 5.91 Å². The lowest BCUT2D eigenvalue weighted by atomic mass is 9.88. The Morgan fingerprint density at radius 1 is 1.00 bits per heavy atom. The molecule has 4 heterocycles. The van der Waals surface area contributed by atoms with Crippen molar-refractivity contribution in [1.82, 2.24) is 14.7 Å². The molecule has 0 spiro atoms. The van der Waals surface area contributed by atoms with E-state index >= 15 is 0 Å². The van der Waals surface area contributed by atoms with Crippen LogP contribution in [0.5, 0.6) is 0 Å². The minimum Gasteiger partial charge on any atom is -0.453 e. The van der Waals surface area contributed by atoms with Crippen molar-refractivity contribution in [1.29, 1.82) is 0 Å². The van der Waals surface area contributed by atoms with Gasteiger partial charge in [-0.3, -0.25) is 9.69 Å². The van der Waals surface area contributed by atoms with Crippen LogP contribution in [0.3, 0.4) is 0 Å². The molecule has 1 aromatic rings. The number of hydrogen-bond donors (Lipinski definition) is 0. The zero-order valence-electron chi connectivity index (χ0n) is 17.4. The van der Waals surface area contributed by atoms with E-state index in [9.17, 15) is 9.59 Å². The molecule has 3 atom stereocenters. The molecule has 0 saturated carbocycles. The normalized spacial score (nSPS) is 27.1. The zero-order valence-corrected chi connectivity index (χ0v) is 18.9. The van der Waals surface area contributed by atoms with Gasteiger partial charge in [-0.1, -0.05) is 29.3 Å². The minimum atomic E-state index is -0.288. The van der Waals surface area contributed by atoms with Crippen molar-refractivity contribution in [2.24, 2.45) is 0 Å². The van der Waals surface area contributed by atoms with Crippen molar-refractivity contribution >= 4 is 35.2 Å². The number of carbonyl (C=O) groups is 2. The van der Waals surface area contributed by atoms with Gasteiger partial charge in [0, 0.05) is 19.1 Å². The fourth-order valence-corrected chi connectivity index (χ4v) is 5.61. The lowest BCUT2D eigenvalue weighted by Crippen LogP contribution is -2.67. The molecule has 0 aromatic heterocycles. The van der Waals surface area contributed by atoms with Gasteiger partial charge < -0.3 is 14.5 Å². The van der Waals surface area contributed by atoms with Gasteiger partial charge >= 0.3 is 6.09 Å². The van der Waals surface area contributed by atoms with E-state index in [1.165, 1.54) is 20.0 Å². The topological polar surface area (TPSA) is 53.1 Å². The van der Waals surface area contributed by atoms with Crippen LogP contribution in [0.2, 0.25) is 10.0 Å². The fraction of sp³-hybridized carbons (Fsp3) is 0.636. The third-order valence-electron chi connectivity index (χ3n) is 6.79. The SMILES string of the molecule is COC(=O)N1C[C@H]2[C@H](N3CCCC3)CCC[C@@H]1CN2C(=O)Cc1ccc(Cl)c(Cl)c1. The Morgan fingerprint density at radius 2 is 1.77 bits per heavy atom. The standard InChI is InChI=1S/C22H29Cl2N3O3/c1-30-22(29)26-14-20-19(25-9-2-3-10-25)6-4-5-16(26)13-27(20)21(28)12-15-7-8-17(23)18(24)11-15/h7-8,11,16,19-20H,2-6,9-10,12-14H2,1H3/t16-,19-,20+/m1/s1. The van der Waals surface area contributed by atoms with E-state index in [0.717, 1.165) is 37.9 Å². The summed E-state index contributed by atoms with van der Waals surface area (Å²) in [6.45, 7) is 3.23. The largest absolute Gasteiger partial charge is 0.453 e. The van der Waals surface area contributed by atoms with Crippen LogP contribution in [0.4, 0.5) is 4.79 Å². The Labute approximate surface area is 188 Å². The number of methoxy groups -OCH3 is 1. The number of carbonyl (C=O) groups excluding carboxylic acids is 2. The Bertz CT molecular complexity index is 800. The first kappa shape index (κ1) is 21.7. The molecule has 2 bridgehead atoms. The Kier molecular flexibility index (Phi) is 6.75. The molecular formula is C22H29Cl2N3O3. The van der Waals surface area contributed by atoms with Crippen LogP contribution in [0.15, 0.2) is 18.2 Å². The highest BCUT2D eigenvalue weighted by Gasteiger charge is 2.45. The van der Waals surface area contributed by atoms with Gasteiger partial charge in [0.15, 0.2) is 0 Å². The maximum Gasteiger partial charge on any atom is 0.409 e. The van der Waals surface area contributed by atoms with Gasteiger partial charge in [0.05, 0.1) is 35.7 Å². The molecule has 4 aliphatic heterocycles. The van der Waals surface area contributed by atoms with Gasteiger partial charge in [-0.15, -0.1) is 0 Å². The van der Waals surface area contributed by atoms with Crippen LogP contribution in [0.25, 0.3) is 0 Å². The quantitative estimate of drug-likeness (QED) is 0.697. The summed E-state index contributed by atoms with van der Waals surface area (Å²) >= 11 is 12.2. The van der Waals surface area contributed by atoms with Gasteiger partial charge in [-0.2, -0.15) is 0 Å². The number of ether oxygens (including phenoxy) is 1. The molecule has 2 amide bonds. The van der Waals surface area contributed by atoms with Gasteiger partial charge in [-0.25, -0.2) is 4.79 Å². The summed E-state index contributed by atoms with van der Waals surface area (Å²) in [5.74, 6) is 0.0824. The summed E-state index contributed by atoms with van der Waals surface area (Å²) in [6.07, 6.45) is 5.40. The monoisotopic (exact) mass is 453 g/mol. The molecule has 0 aliphatic carbocycles. The fourth-order valence-electron chi connectivity index (χ4n) is 5.29. The summed E-state index contributed by atoms with van der Waals surface area (Å²) in [5.41, 5.74) is 0.856. The van der Waals surface area contributed by atoms with Gasteiger partial charge in [0.1, 0.15) is 0 Å². The summed E-state index contributed by atoms with van der Waals surface area (Å²) in [6, 6.07) is 5.62. The first-order valence-corrected chi connectivity index (χ1v) is 11.6. The van der Waals surface area contributed by atoms with E-state index in [-0.39, 0.29) is 36.5 Å². The highest BCUT2D eigenvalue weighted by Crippen LogP contribution is 2.32. The lowest BCUT2D eigenvalue weighted by Gasteiger charge is -2.52. The predicted octanol–water partition coefficient (Wildman–Crippen LogP) is 3.83. The molecule has 8 heteroatoms. The lowest BCUT2D eigenvalue weighted by molar-refractivity contribution is -0.140. The van der Waals surface area contributed by atoms with Crippen molar-refractivity contribution in [2.75, 3.05) is 33.3 Å². The minimum absolute atomic E-state index is 0.00554. The first-order chi connectivity index (χ1) is 14.5. The average Bonchev–Trinajstić information content (AvgIpc) is 3.24. The van der Waals surface area contributed by atoms with E-state index in [1.807, 2.05) is 15.9 Å². The number of nitrogens with zero attached hydrogens (tertiary/aromatic N) is 3. The molecule has 0 radical (unpaired) electrons. The zero-order chi connectivity index (χ0) is 21.3. The summed E-state index contributed by atoms with van der Waals surface area (Å²) in [7, 11) is 1.43. The molecule has 0 unspecified atom stereocenters. The number of hydrogen-bond acceptors (Lipinski definition) is 4. The van der Waals surface area contributed by atoms with Gasteiger partial charge in [0.25, 0.3) is 0 Å². The van der Waals surface area contributed by atoms with Crippen LogP contribution in [0.1, 0.15) is 37.7 Å². The third kappa shape index (κ3) is 4.41. The second-order valence-electron chi connectivity index (χ2n) is 8.56. The number of fused-ring (bicyclic) bond motifs is 5. The second kappa shape index (κ2) is 9.33. The Morgan fingerprint density at radius 3 is 2.47 bits per heavy atom. The van der Waals surface area contributed by atoms with Crippen LogP contribution >= 0.6 is 23.2 Å². The highest BCUT2D eigenvalue weighted by molar-refractivity contribution is 6.42. The highest BCUT2D eigenvalue weighted by atomic mass is 35.5. The van der Waals surface area contributed by atoms with Crippen LogP contribution in [-0.2, 0) is 16.0 Å². The van der Waals surface area contributed by atoms with E-state index < -0.39 is 0 Å². The molecule has 4 aliphatic rings.